The second-order valence-corrected chi connectivity index (χ2v) is 9.05. The lowest BCUT2D eigenvalue weighted by Crippen LogP contribution is -2.52. The van der Waals surface area contributed by atoms with Crippen molar-refractivity contribution in [3.8, 4) is 17.2 Å². The van der Waals surface area contributed by atoms with Crippen LogP contribution in [-0.4, -0.2) is 34.4 Å². The molecule has 0 saturated heterocycles. The zero-order valence-corrected chi connectivity index (χ0v) is 17.6. The second-order valence-electron chi connectivity index (χ2n) is 6.82. The van der Waals surface area contributed by atoms with Gasteiger partial charge >= 0.3 is 10.0 Å². The van der Waals surface area contributed by atoms with Crippen molar-refractivity contribution in [2.45, 2.75) is 13.3 Å². The van der Waals surface area contributed by atoms with Gasteiger partial charge in [0, 0.05) is 24.3 Å². The molecule has 0 bridgehead atoms. The van der Waals surface area contributed by atoms with Gasteiger partial charge in [-0.1, -0.05) is 25.1 Å². The lowest BCUT2D eigenvalue weighted by Gasteiger charge is -2.34. The van der Waals surface area contributed by atoms with E-state index < -0.39 is 10.0 Å². The summed E-state index contributed by atoms with van der Waals surface area (Å²) in [5.74, 6) is 1.91. The molecule has 2 N–H and O–H groups in total. The van der Waals surface area contributed by atoms with Gasteiger partial charge < -0.3 is 15.2 Å². The summed E-state index contributed by atoms with van der Waals surface area (Å²) in [6.07, 6.45) is 6.06. The molecule has 154 valence electrons. The molecule has 3 rings (SSSR count). The monoisotopic (exact) mass is 415 g/mol. The summed E-state index contributed by atoms with van der Waals surface area (Å²) >= 11 is 0. The molecule has 2 aromatic carbocycles. The summed E-state index contributed by atoms with van der Waals surface area (Å²) in [5.41, 5.74) is 7.25. The Morgan fingerprint density at radius 1 is 1.07 bits per heavy atom. The van der Waals surface area contributed by atoms with Crippen LogP contribution in [0.5, 0.6) is 17.2 Å². The van der Waals surface area contributed by atoms with Crippen molar-refractivity contribution in [1.82, 2.24) is 3.89 Å². The fourth-order valence-electron chi connectivity index (χ4n) is 3.40. The fourth-order valence-corrected chi connectivity index (χ4v) is 5.29. The van der Waals surface area contributed by atoms with Crippen molar-refractivity contribution in [2.75, 3.05) is 26.0 Å². The van der Waals surface area contributed by atoms with E-state index in [0.29, 0.717) is 35.9 Å². The quantitative estimate of drug-likeness (QED) is 0.661. The SMILES string of the molecule is CCCS(=O)(=O)[N+]1(c2ccc(Oc3ccccc3OC)cc2)C=C(CN)C=CC1. The highest BCUT2D eigenvalue weighted by molar-refractivity contribution is 7.91. The Morgan fingerprint density at radius 2 is 1.76 bits per heavy atom. The molecule has 1 aliphatic heterocycles. The van der Waals surface area contributed by atoms with E-state index in [1.54, 1.807) is 37.6 Å². The molecule has 1 heterocycles. The third-order valence-corrected chi connectivity index (χ3v) is 7.23. The summed E-state index contributed by atoms with van der Waals surface area (Å²) in [5, 5.41) is 0. The zero-order chi connectivity index (χ0) is 20.9. The minimum atomic E-state index is -3.48. The number of sulfonamides is 1. The molecule has 1 unspecified atom stereocenters. The van der Waals surface area contributed by atoms with Crippen LogP contribution in [0.3, 0.4) is 0 Å². The van der Waals surface area contributed by atoms with E-state index in [2.05, 4.69) is 0 Å². The molecule has 0 spiro atoms. The Bertz CT molecular complexity index is 1010. The normalized spacial score (nSPS) is 18.9. The molecule has 7 heteroatoms. The number of para-hydroxylation sites is 2. The largest absolute Gasteiger partial charge is 0.493 e. The van der Waals surface area contributed by atoms with Gasteiger partial charge in [0.2, 0.25) is 0 Å². The van der Waals surface area contributed by atoms with E-state index in [4.69, 9.17) is 15.2 Å². The number of ether oxygens (including phenoxy) is 2. The van der Waals surface area contributed by atoms with Crippen molar-refractivity contribution < 1.29 is 17.9 Å². The average Bonchev–Trinajstić information content (AvgIpc) is 2.74. The van der Waals surface area contributed by atoms with Gasteiger partial charge in [-0.3, -0.25) is 0 Å². The minimum Gasteiger partial charge on any atom is -0.493 e. The molecule has 29 heavy (non-hydrogen) atoms. The van der Waals surface area contributed by atoms with Gasteiger partial charge in [-0.05, 0) is 36.8 Å². The highest BCUT2D eigenvalue weighted by Gasteiger charge is 2.42. The number of quaternary nitrogens is 1. The molecule has 0 fully saturated rings. The van der Waals surface area contributed by atoms with Crippen LogP contribution >= 0.6 is 0 Å². The molecule has 0 amide bonds. The van der Waals surface area contributed by atoms with Gasteiger partial charge in [0.25, 0.3) is 0 Å². The molecule has 1 atom stereocenters. The van der Waals surface area contributed by atoms with Gasteiger partial charge in [0.1, 0.15) is 24.2 Å². The van der Waals surface area contributed by atoms with E-state index in [9.17, 15) is 8.42 Å². The first kappa shape index (κ1) is 21.1. The van der Waals surface area contributed by atoms with E-state index in [1.807, 2.05) is 43.3 Å². The lowest BCUT2D eigenvalue weighted by atomic mass is 10.2. The van der Waals surface area contributed by atoms with Crippen LogP contribution in [0.4, 0.5) is 5.69 Å². The van der Waals surface area contributed by atoms with Crippen LogP contribution in [0.25, 0.3) is 0 Å². The third kappa shape index (κ3) is 4.22. The maximum absolute atomic E-state index is 13.2. The maximum Gasteiger partial charge on any atom is 0.306 e. The highest BCUT2D eigenvalue weighted by Crippen LogP contribution is 2.36. The van der Waals surface area contributed by atoms with E-state index in [-0.39, 0.29) is 16.2 Å². The summed E-state index contributed by atoms with van der Waals surface area (Å²) in [7, 11) is -1.89. The van der Waals surface area contributed by atoms with Gasteiger partial charge in [0.15, 0.2) is 17.2 Å². The first-order valence-corrected chi connectivity index (χ1v) is 11.2. The number of nitrogens with zero attached hydrogens (tertiary/aromatic N) is 1. The van der Waals surface area contributed by atoms with E-state index in [0.717, 1.165) is 5.57 Å². The Morgan fingerprint density at radius 3 is 2.38 bits per heavy atom. The Balaban J connectivity index is 1.98. The second kappa shape index (κ2) is 8.82. The maximum atomic E-state index is 13.2. The molecular formula is C22H27N2O4S+. The summed E-state index contributed by atoms with van der Waals surface area (Å²) < 4.78 is 37.4. The van der Waals surface area contributed by atoms with E-state index in [1.165, 1.54) is 0 Å². The number of hydrogen-bond donors (Lipinski definition) is 1. The number of rotatable bonds is 8. The number of nitrogens with two attached hydrogens (primary N) is 1. The lowest BCUT2D eigenvalue weighted by molar-refractivity contribution is 0.379. The molecule has 0 aliphatic carbocycles. The Labute approximate surface area is 172 Å². The predicted molar refractivity (Wildman–Crippen MR) is 117 cm³/mol. The first-order chi connectivity index (χ1) is 14.0. The predicted octanol–water partition coefficient (Wildman–Crippen LogP) is 3.95. The van der Waals surface area contributed by atoms with Crippen LogP contribution < -0.4 is 19.1 Å². The number of methoxy groups -OCH3 is 1. The molecular weight excluding hydrogens is 388 g/mol. The summed E-state index contributed by atoms with van der Waals surface area (Å²) in [4.78, 5) is 0. The van der Waals surface area contributed by atoms with Gasteiger partial charge in [-0.2, -0.15) is 12.3 Å². The van der Waals surface area contributed by atoms with Crippen LogP contribution in [0.1, 0.15) is 13.3 Å². The number of benzene rings is 2. The molecule has 0 saturated carbocycles. The van der Waals surface area contributed by atoms with Gasteiger partial charge in [-0.25, -0.2) is 0 Å². The van der Waals surface area contributed by atoms with E-state index >= 15 is 0 Å². The zero-order valence-electron chi connectivity index (χ0n) is 16.7. The van der Waals surface area contributed by atoms with Gasteiger partial charge in [-0.15, -0.1) is 0 Å². The molecule has 6 nitrogen and oxygen atoms in total. The van der Waals surface area contributed by atoms with Crippen LogP contribution in [-0.2, 0) is 10.0 Å². The average molecular weight is 416 g/mol. The summed E-state index contributed by atoms with van der Waals surface area (Å²) in [6.45, 7) is 2.48. The highest BCUT2D eigenvalue weighted by atomic mass is 32.2. The third-order valence-electron chi connectivity index (χ3n) is 4.85. The van der Waals surface area contributed by atoms with Crippen molar-refractivity contribution in [3.63, 3.8) is 0 Å². The van der Waals surface area contributed by atoms with Crippen LogP contribution in [0, 0.1) is 0 Å². The van der Waals surface area contributed by atoms with Gasteiger partial charge in [0.05, 0.1) is 7.11 Å². The molecule has 0 radical (unpaired) electrons. The smallest absolute Gasteiger partial charge is 0.306 e. The standard InChI is InChI=1S/C22H27N2O4S/c1-3-15-29(25,26)24(14-6-7-18(16-23)17-24)19-10-12-20(13-11-19)28-22-9-5-4-8-21(22)27-2/h4-13,17H,3,14-16,23H2,1-2H3/q+1. The molecule has 0 aromatic heterocycles. The number of hydrogen-bond acceptors (Lipinski definition) is 5. The first-order valence-electron chi connectivity index (χ1n) is 9.56. The molecule has 1 aliphatic rings. The fraction of sp³-hybridized carbons (Fsp3) is 0.273. The van der Waals surface area contributed by atoms with Crippen molar-refractivity contribution in [1.29, 1.82) is 0 Å². The Hall–Kier alpha value is -2.61. The summed E-state index contributed by atoms with van der Waals surface area (Å²) in [6, 6.07) is 14.5. The van der Waals surface area contributed by atoms with Crippen LogP contribution in [0.15, 0.2) is 72.5 Å². The van der Waals surface area contributed by atoms with Crippen molar-refractivity contribution in [2.24, 2.45) is 5.73 Å². The van der Waals surface area contributed by atoms with Crippen molar-refractivity contribution >= 4 is 15.7 Å². The minimum absolute atomic E-state index is 0.0919. The topological polar surface area (TPSA) is 78.6 Å². The van der Waals surface area contributed by atoms with Crippen molar-refractivity contribution in [3.05, 3.63) is 72.5 Å². The Kier molecular flexibility index (Phi) is 6.42. The molecule has 2 aromatic rings. The van der Waals surface area contributed by atoms with Crippen LogP contribution in [0.2, 0.25) is 0 Å².